The number of carbonyl (C=O) groups excluding carboxylic acids is 1. The van der Waals surface area contributed by atoms with Crippen molar-refractivity contribution >= 4 is 11.9 Å². The van der Waals surface area contributed by atoms with Gasteiger partial charge in [0.25, 0.3) is 5.91 Å². The summed E-state index contributed by atoms with van der Waals surface area (Å²) in [6.07, 6.45) is 3.85. The van der Waals surface area contributed by atoms with Crippen LogP contribution in [0.1, 0.15) is 70.6 Å². The maximum absolute atomic E-state index is 14.2. The van der Waals surface area contributed by atoms with E-state index in [4.69, 9.17) is 0 Å². The zero-order valence-electron chi connectivity index (χ0n) is 16.5. The largest absolute Gasteiger partial charge is 0.481 e. The summed E-state index contributed by atoms with van der Waals surface area (Å²) in [7, 11) is 0. The summed E-state index contributed by atoms with van der Waals surface area (Å²) in [4.78, 5) is 26.9. The van der Waals surface area contributed by atoms with Gasteiger partial charge < -0.3 is 10.0 Å². The minimum atomic E-state index is -1.06. The predicted octanol–water partition coefficient (Wildman–Crippen LogP) is 4.54. The van der Waals surface area contributed by atoms with Crippen LogP contribution in [-0.2, 0) is 16.8 Å². The summed E-state index contributed by atoms with van der Waals surface area (Å²) >= 11 is 0. The van der Waals surface area contributed by atoms with E-state index in [9.17, 15) is 19.1 Å². The molecule has 3 aliphatic rings. The highest BCUT2D eigenvalue weighted by Crippen LogP contribution is 2.50. The number of fused-ring (bicyclic) bond motifs is 1. The Labute approximate surface area is 169 Å². The number of carboxylic acids is 1. The van der Waals surface area contributed by atoms with E-state index in [-0.39, 0.29) is 17.6 Å². The van der Waals surface area contributed by atoms with E-state index in [1.165, 1.54) is 6.07 Å². The van der Waals surface area contributed by atoms with E-state index in [1.807, 2.05) is 17.0 Å². The molecule has 2 aromatic rings. The van der Waals surface area contributed by atoms with Crippen molar-refractivity contribution in [2.75, 3.05) is 0 Å². The molecule has 2 aliphatic carbocycles. The van der Waals surface area contributed by atoms with Crippen LogP contribution < -0.4 is 0 Å². The maximum atomic E-state index is 14.2. The van der Waals surface area contributed by atoms with Gasteiger partial charge in [-0.3, -0.25) is 9.59 Å². The lowest BCUT2D eigenvalue weighted by molar-refractivity contribution is -0.143. The molecule has 1 amide bonds. The first-order valence-corrected chi connectivity index (χ1v) is 10.3. The van der Waals surface area contributed by atoms with Crippen molar-refractivity contribution in [3.05, 3.63) is 70.0 Å². The first-order valence-electron chi connectivity index (χ1n) is 10.3. The number of hydrogen-bond donors (Lipinski definition) is 1. The third-order valence-electron chi connectivity index (χ3n) is 7.13. The molecule has 2 aromatic carbocycles. The van der Waals surface area contributed by atoms with Gasteiger partial charge in [0.05, 0.1) is 5.41 Å². The summed E-state index contributed by atoms with van der Waals surface area (Å²) in [5.41, 5.74) is 2.87. The van der Waals surface area contributed by atoms with Crippen molar-refractivity contribution in [2.45, 2.75) is 62.9 Å². The molecule has 4 nitrogen and oxygen atoms in total. The summed E-state index contributed by atoms with van der Waals surface area (Å²) in [6.45, 7) is 2.32. The van der Waals surface area contributed by atoms with Gasteiger partial charge in [-0.25, -0.2) is 4.39 Å². The number of rotatable bonds is 4. The van der Waals surface area contributed by atoms with Crippen molar-refractivity contribution in [2.24, 2.45) is 0 Å². The molecule has 2 saturated carbocycles. The highest BCUT2D eigenvalue weighted by Gasteiger charge is 2.48. The lowest BCUT2D eigenvalue weighted by atomic mass is 9.75. The Morgan fingerprint density at radius 1 is 1.21 bits per heavy atom. The molecular formula is C24H24FNO3. The molecule has 0 spiro atoms. The smallest absolute Gasteiger partial charge is 0.314 e. The summed E-state index contributed by atoms with van der Waals surface area (Å²) in [5.74, 6) is -1.03. The molecule has 1 N–H and O–H groups in total. The van der Waals surface area contributed by atoms with Crippen LogP contribution in [0.2, 0.25) is 0 Å². The third kappa shape index (κ3) is 2.78. The van der Waals surface area contributed by atoms with E-state index in [0.29, 0.717) is 36.6 Å². The summed E-state index contributed by atoms with van der Waals surface area (Å²) in [5, 5.41) is 10.1. The number of aliphatic carboxylic acids is 1. The van der Waals surface area contributed by atoms with Crippen molar-refractivity contribution in [3.8, 4) is 0 Å². The van der Waals surface area contributed by atoms with Crippen LogP contribution in [0.15, 0.2) is 36.4 Å². The lowest BCUT2D eigenvalue weighted by Gasteiger charge is -2.27. The molecule has 0 radical (unpaired) electrons. The molecule has 0 aromatic heterocycles. The second-order valence-electron chi connectivity index (χ2n) is 8.82. The Kier molecular flexibility index (Phi) is 4.05. The Morgan fingerprint density at radius 3 is 2.72 bits per heavy atom. The Balaban J connectivity index is 1.46. The zero-order valence-corrected chi connectivity index (χ0v) is 16.5. The van der Waals surface area contributed by atoms with Crippen LogP contribution in [0, 0.1) is 12.7 Å². The number of benzene rings is 2. The quantitative estimate of drug-likeness (QED) is 0.830. The fraction of sp³-hybridized carbons (Fsp3) is 0.417. The zero-order chi connectivity index (χ0) is 20.3. The van der Waals surface area contributed by atoms with Gasteiger partial charge >= 0.3 is 5.97 Å². The summed E-state index contributed by atoms with van der Waals surface area (Å²) in [6, 6.07) is 11.1. The number of carboxylic acid groups (broad SMARTS) is 1. The molecule has 2 unspecified atom stereocenters. The monoisotopic (exact) mass is 393 g/mol. The average molecular weight is 393 g/mol. The normalized spacial score (nSPS) is 26.1. The minimum Gasteiger partial charge on any atom is -0.481 e. The molecule has 0 bridgehead atoms. The van der Waals surface area contributed by atoms with Gasteiger partial charge in [0.2, 0.25) is 0 Å². The van der Waals surface area contributed by atoms with E-state index in [2.05, 4.69) is 6.07 Å². The minimum absolute atomic E-state index is 0.0872. The molecule has 5 rings (SSSR count). The van der Waals surface area contributed by atoms with E-state index < -0.39 is 11.4 Å². The van der Waals surface area contributed by atoms with Gasteiger partial charge in [-0.05, 0) is 79.3 Å². The average Bonchev–Trinajstić information content (AvgIpc) is 3.35. The molecule has 2 atom stereocenters. The van der Waals surface area contributed by atoms with Crippen molar-refractivity contribution in [1.29, 1.82) is 0 Å². The van der Waals surface area contributed by atoms with E-state index >= 15 is 0 Å². The fourth-order valence-electron chi connectivity index (χ4n) is 5.31. The maximum Gasteiger partial charge on any atom is 0.314 e. The number of halogens is 1. The molecular weight excluding hydrogens is 369 g/mol. The van der Waals surface area contributed by atoms with Crippen LogP contribution in [0.4, 0.5) is 4.39 Å². The first-order chi connectivity index (χ1) is 13.9. The molecule has 1 heterocycles. The van der Waals surface area contributed by atoms with Crippen LogP contribution in [0.5, 0.6) is 0 Å². The molecule has 5 heteroatoms. The van der Waals surface area contributed by atoms with Crippen LogP contribution >= 0.6 is 0 Å². The number of amides is 1. The highest BCUT2D eigenvalue weighted by molar-refractivity contribution is 5.98. The Hall–Kier alpha value is -2.69. The summed E-state index contributed by atoms with van der Waals surface area (Å²) < 4.78 is 14.2. The van der Waals surface area contributed by atoms with Gasteiger partial charge in [-0.2, -0.15) is 0 Å². The molecule has 1 aliphatic heterocycles. The van der Waals surface area contributed by atoms with Gasteiger partial charge in [-0.15, -0.1) is 0 Å². The predicted molar refractivity (Wildman–Crippen MR) is 106 cm³/mol. The van der Waals surface area contributed by atoms with Crippen molar-refractivity contribution < 1.29 is 19.1 Å². The van der Waals surface area contributed by atoms with Crippen LogP contribution in [0.25, 0.3) is 0 Å². The van der Waals surface area contributed by atoms with Gasteiger partial charge in [0.1, 0.15) is 5.82 Å². The second-order valence-corrected chi connectivity index (χ2v) is 8.82. The fourth-order valence-corrected chi connectivity index (χ4v) is 5.31. The standard InChI is InChI=1S/C24H24FNO3/c1-14-20(3-2-4-21(14)25)24(23(28)29)10-9-16(12-24)15-5-8-19-17(11-15)13-26(22(19)27)18-6-7-18/h2-5,8,11,16,18H,6-7,9-10,12-13H2,1H3,(H,28,29). The highest BCUT2D eigenvalue weighted by atomic mass is 19.1. The van der Waals surface area contributed by atoms with Crippen molar-refractivity contribution in [1.82, 2.24) is 4.90 Å². The van der Waals surface area contributed by atoms with Gasteiger partial charge in [-0.1, -0.05) is 24.3 Å². The van der Waals surface area contributed by atoms with Crippen molar-refractivity contribution in [3.63, 3.8) is 0 Å². The second kappa shape index (κ2) is 6.41. The molecule has 0 saturated heterocycles. The number of hydrogen-bond acceptors (Lipinski definition) is 2. The molecule has 2 fully saturated rings. The molecule has 150 valence electrons. The third-order valence-corrected chi connectivity index (χ3v) is 7.13. The number of nitrogens with zero attached hydrogens (tertiary/aromatic N) is 1. The van der Waals surface area contributed by atoms with Gasteiger partial charge in [0.15, 0.2) is 0 Å². The Bertz CT molecular complexity index is 1030. The number of carbonyl (C=O) groups is 2. The topological polar surface area (TPSA) is 57.6 Å². The van der Waals surface area contributed by atoms with Gasteiger partial charge in [0, 0.05) is 18.2 Å². The SMILES string of the molecule is Cc1c(F)cccc1C1(C(=O)O)CCC(c2ccc3c(c2)CN(C2CC2)C3=O)C1. The van der Waals surface area contributed by atoms with Crippen LogP contribution in [0.3, 0.4) is 0 Å². The Morgan fingerprint density at radius 2 is 2.00 bits per heavy atom. The van der Waals surface area contributed by atoms with E-state index in [0.717, 1.165) is 36.0 Å². The first kappa shape index (κ1) is 18.3. The molecule has 29 heavy (non-hydrogen) atoms. The van der Waals surface area contributed by atoms with E-state index in [1.54, 1.807) is 19.1 Å². The van der Waals surface area contributed by atoms with Crippen LogP contribution in [-0.4, -0.2) is 27.9 Å². The lowest BCUT2D eigenvalue weighted by Crippen LogP contribution is -2.34.